The number of amides is 5. The standard InChI is InChI=1S/C19H19N3O6/c23-15(21-19(27)20-12-6-2-1-3-7-12)11-28-16(24)10-22-17(25)13-8-4-5-9-14(13)18(22)26/h1-7,13-14H,8-11H2,(H2,20,21,23,27)/t13-,14+. The van der Waals surface area contributed by atoms with Crippen LogP contribution in [0.2, 0.25) is 0 Å². The third-order valence-corrected chi connectivity index (χ3v) is 4.53. The number of allylic oxidation sites excluding steroid dienone is 2. The van der Waals surface area contributed by atoms with Crippen molar-refractivity contribution >= 4 is 35.4 Å². The Morgan fingerprint density at radius 3 is 2.21 bits per heavy atom. The van der Waals surface area contributed by atoms with Crippen LogP contribution in [0.1, 0.15) is 12.8 Å². The SMILES string of the molecule is O=C(COC(=O)CN1C(=O)[C@H]2CC=CC[C@H]2C1=O)NC(=O)Nc1ccccc1. The molecule has 5 amide bonds. The Labute approximate surface area is 160 Å². The second kappa shape index (κ2) is 8.47. The molecule has 146 valence electrons. The van der Waals surface area contributed by atoms with Gasteiger partial charge < -0.3 is 10.1 Å². The van der Waals surface area contributed by atoms with Crippen LogP contribution in [-0.4, -0.2) is 47.8 Å². The maximum atomic E-state index is 12.3. The first kappa shape index (κ1) is 19.3. The molecule has 0 unspecified atom stereocenters. The third-order valence-electron chi connectivity index (χ3n) is 4.53. The van der Waals surface area contributed by atoms with Crippen LogP contribution in [0.5, 0.6) is 0 Å². The molecule has 28 heavy (non-hydrogen) atoms. The highest BCUT2D eigenvalue weighted by Gasteiger charge is 2.47. The smallest absolute Gasteiger partial charge is 0.326 e. The number of esters is 1. The summed E-state index contributed by atoms with van der Waals surface area (Å²) in [6.45, 7) is -1.25. The summed E-state index contributed by atoms with van der Waals surface area (Å²) in [6.07, 6.45) is 4.64. The van der Waals surface area contributed by atoms with Crippen LogP contribution in [0.3, 0.4) is 0 Å². The van der Waals surface area contributed by atoms with E-state index in [0.717, 1.165) is 4.90 Å². The van der Waals surface area contributed by atoms with Gasteiger partial charge >= 0.3 is 12.0 Å². The van der Waals surface area contributed by atoms with E-state index in [1.54, 1.807) is 30.3 Å². The summed E-state index contributed by atoms with van der Waals surface area (Å²) < 4.78 is 4.77. The lowest BCUT2D eigenvalue weighted by Crippen LogP contribution is -2.40. The number of hydrogen-bond acceptors (Lipinski definition) is 6. The summed E-state index contributed by atoms with van der Waals surface area (Å²) in [4.78, 5) is 60.7. The van der Waals surface area contributed by atoms with Crippen molar-refractivity contribution in [2.45, 2.75) is 12.8 Å². The molecule has 1 aromatic carbocycles. The van der Waals surface area contributed by atoms with Gasteiger partial charge in [0.15, 0.2) is 6.61 Å². The maximum absolute atomic E-state index is 12.3. The van der Waals surface area contributed by atoms with Gasteiger partial charge in [-0.25, -0.2) is 4.79 Å². The number of urea groups is 1. The molecule has 9 nitrogen and oxygen atoms in total. The first-order valence-electron chi connectivity index (χ1n) is 8.77. The molecule has 0 radical (unpaired) electrons. The van der Waals surface area contributed by atoms with Gasteiger partial charge in [-0.05, 0) is 25.0 Å². The third kappa shape index (κ3) is 4.43. The fourth-order valence-corrected chi connectivity index (χ4v) is 3.19. The van der Waals surface area contributed by atoms with Crippen LogP contribution in [0.25, 0.3) is 0 Å². The average molecular weight is 385 g/mol. The number of carbonyl (C=O) groups is 5. The zero-order valence-electron chi connectivity index (χ0n) is 14.9. The number of carbonyl (C=O) groups excluding carboxylic acids is 5. The molecule has 1 heterocycles. The molecule has 9 heteroatoms. The minimum absolute atomic E-state index is 0.400. The van der Waals surface area contributed by atoms with Gasteiger partial charge in [0.2, 0.25) is 11.8 Å². The summed E-state index contributed by atoms with van der Waals surface area (Å²) in [5.41, 5.74) is 0.492. The number of benzene rings is 1. The van der Waals surface area contributed by atoms with Crippen molar-refractivity contribution < 1.29 is 28.7 Å². The molecule has 2 N–H and O–H groups in total. The predicted molar refractivity (Wildman–Crippen MR) is 96.6 cm³/mol. The van der Waals surface area contributed by atoms with E-state index in [1.165, 1.54) is 0 Å². The van der Waals surface area contributed by atoms with Gasteiger partial charge in [0.1, 0.15) is 6.54 Å². The minimum Gasteiger partial charge on any atom is -0.454 e. The van der Waals surface area contributed by atoms with Crippen molar-refractivity contribution in [2.75, 3.05) is 18.5 Å². The van der Waals surface area contributed by atoms with E-state index in [0.29, 0.717) is 18.5 Å². The summed E-state index contributed by atoms with van der Waals surface area (Å²) in [7, 11) is 0. The van der Waals surface area contributed by atoms with Crippen molar-refractivity contribution in [3.05, 3.63) is 42.5 Å². The zero-order chi connectivity index (χ0) is 20.1. The minimum atomic E-state index is -0.896. The first-order chi connectivity index (χ1) is 13.5. The number of imide groups is 2. The van der Waals surface area contributed by atoms with Crippen LogP contribution in [0.15, 0.2) is 42.5 Å². The quantitative estimate of drug-likeness (QED) is 0.440. The molecule has 2 atom stereocenters. The van der Waals surface area contributed by atoms with E-state index >= 15 is 0 Å². The number of rotatable bonds is 5. The monoisotopic (exact) mass is 385 g/mol. The molecular formula is C19H19N3O6. The van der Waals surface area contributed by atoms with Gasteiger partial charge in [0.05, 0.1) is 11.8 Å². The molecule has 1 aliphatic carbocycles. The van der Waals surface area contributed by atoms with E-state index in [1.807, 2.05) is 17.5 Å². The fraction of sp³-hybridized carbons (Fsp3) is 0.316. The molecular weight excluding hydrogens is 366 g/mol. The van der Waals surface area contributed by atoms with Crippen molar-refractivity contribution in [3.8, 4) is 0 Å². The van der Waals surface area contributed by atoms with Crippen molar-refractivity contribution in [1.29, 1.82) is 0 Å². The number of fused-ring (bicyclic) bond motifs is 1. The van der Waals surface area contributed by atoms with Gasteiger partial charge in [0, 0.05) is 5.69 Å². The number of likely N-dealkylation sites (tertiary alicyclic amines) is 1. The van der Waals surface area contributed by atoms with Gasteiger partial charge in [-0.15, -0.1) is 0 Å². The van der Waals surface area contributed by atoms with Gasteiger partial charge in [-0.1, -0.05) is 30.4 Å². The molecule has 1 saturated heterocycles. The number of anilines is 1. The number of para-hydroxylation sites is 1. The Kier molecular flexibility index (Phi) is 5.83. The number of hydrogen-bond donors (Lipinski definition) is 2. The Hall–Kier alpha value is -3.49. The van der Waals surface area contributed by atoms with Crippen LogP contribution >= 0.6 is 0 Å². The highest BCUT2D eigenvalue weighted by molar-refractivity contribution is 6.07. The van der Waals surface area contributed by atoms with Crippen LogP contribution in [0, 0.1) is 11.8 Å². The molecule has 1 aliphatic heterocycles. The van der Waals surface area contributed by atoms with Crippen molar-refractivity contribution in [1.82, 2.24) is 10.2 Å². The van der Waals surface area contributed by atoms with Crippen LogP contribution in [-0.2, 0) is 23.9 Å². The normalized spacial score (nSPS) is 20.5. The largest absolute Gasteiger partial charge is 0.454 e. The molecule has 1 fully saturated rings. The summed E-state index contributed by atoms with van der Waals surface area (Å²) in [6, 6.07) is 7.71. The molecule has 1 aromatic rings. The fourth-order valence-electron chi connectivity index (χ4n) is 3.19. The summed E-state index contributed by atoms with van der Waals surface area (Å²) in [5, 5.41) is 4.46. The lowest BCUT2D eigenvalue weighted by Gasteiger charge is -2.14. The van der Waals surface area contributed by atoms with E-state index in [4.69, 9.17) is 4.74 Å². The molecule has 0 aromatic heterocycles. The first-order valence-corrected chi connectivity index (χ1v) is 8.77. The maximum Gasteiger partial charge on any atom is 0.326 e. The number of nitrogens with zero attached hydrogens (tertiary/aromatic N) is 1. The Bertz CT molecular complexity index is 809. The molecule has 2 aliphatic rings. The second-order valence-corrected chi connectivity index (χ2v) is 6.45. The highest BCUT2D eigenvalue weighted by atomic mass is 16.5. The second-order valence-electron chi connectivity index (χ2n) is 6.45. The molecule has 3 rings (SSSR count). The highest BCUT2D eigenvalue weighted by Crippen LogP contribution is 2.34. The number of nitrogens with one attached hydrogen (secondary N) is 2. The number of ether oxygens (including phenoxy) is 1. The van der Waals surface area contributed by atoms with Gasteiger partial charge in [-0.3, -0.25) is 29.4 Å². The van der Waals surface area contributed by atoms with E-state index in [9.17, 15) is 24.0 Å². The zero-order valence-corrected chi connectivity index (χ0v) is 14.9. The van der Waals surface area contributed by atoms with Gasteiger partial charge in [0.25, 0.3) is 5.91 Å². The van der Waals surface area contributed by atoms with E-state index < -0.39 is 54.7 Å². The molecule has 0 saturated carbocycles. The summed E-state index contributed by atoms with van der Waals surface area (Å²) in [5.74, 6) is -3.40. The Morgan fingerprint density at radius 2 is 1.61 bits per heavy atom. The average Bonchev–Trinajstić information content (AvgIpc) is 2.92. The Morgan fingerprint density at radius 1 is 1.00 bits per heavy atom. The van der Waals surface area contributed by atoms with Crippen molar-refractivity contribution in [2.24, 2.45) is 11.8 Å². The van der Waals surface area contributed by atoms with E-state index in [-0.39, 0.29) is 0 Å². The van der Waals surface area contributed by atoms with Crippen LogP contribution < -0.4 is 10.6 Å². The molecule has 0 bridgehead atoms. The lowest BCUT2D eigenvalue weighted by atomic mass is 9.85. The Balaban J connectivity index is 1.43. The van der Waals surface area contributed by atoms with Crippen molar-refractivity contribution in [3.63, 3.8) is 0 Å². The topological polar surface area (TPSA) is 122 Å². The predicted octanol–water partition coefficient (Wildman–Crippen LogP) is 0.829. The lowest BCUT2D eigenvalue weighted by molar-refractivity contribution is -0.154. The molecule has 0 spiro atoms. The summed E-state index contributed by atoms with van der Waals surface area (Å²) >= 11 is 0. The van der Waals surface area contributed by atoms with Crippen LogP contribution in [0.4, 0.5) is 10.5 Å². The van der Waals surface area contributed by atoms with Gasteiger partial charge in [-0.2, -0.15) is 0 Å². The van der Waals surface area contributed by atoms with E-state index in [2.05, 4.69) is 5.32 Å².